The molecule has 0 radical (unpaired) electrons. The van der Waals surface area contributed by atoms with Crippen molar-refractivity contribution in [1.29, 1.82) is 5.41 Å². The molecule has 3 heterocycles. The summed E-state index contributed by atoms with van der Waals surface area (Å²) in [4.78, 5) is 15.1. The molecular weight excluding hydrogens is 365 g/mol. The van der Waals surface area contributed by atoms with Gasteiger partial charge in [0.25, 0.3) is 5.91 Å². The molecule has 1 atom stereocenters. The number of halogens is 1. The topological polar surface area (TPSA) is 74.0 Å². The number of nitrogens with one attached hydrogen (secondary N) is 2. The SMILES string of the molecule is Cc1cc(C2=CS/C(=C3/NC(=N)N(C)C(=O)C3n3cccn3)C2)ccc1F. The maximum absolute atomic E-state index is 13.6. The molecule has 0 aliphatic carbocycles. The summed E-state index contributed by atoms with van der Waals surface area (Å²) < 4.78 is 15.2. The van der Waals surface area contributed by atoms with Gasteiger partial charge in [-0.25, -0.2) is 4.39 Å². The Kier molecular flexibility index (Phi) is 4.35. The summed E-state index contributed by atoms with van der Waals surface area (Å²) in [6.07, 6.45) is 3.98. The Balaban J connectivity index is 1.70. The Morgan fingerprint density at radius 2 is 2.22 bits per heavy atom. The van der Waals surface area contributed by atoms with Crippen LogP contribution in [0.4, 0.5) is 4.39 Å². The summed E-state index contributed by atoms with van der Waals surface area (Å²) in [7, 11) is 1.57. The Morgan fingerprint density at radius 3 is 2.93 bits per heavy atom. The largest absolute Gasteiger partial charge is 0.326 e. The van der Waals surface area contributed by atoms with E-state index in [1.807, 2.05) is 11.5 Å². The normalized spacial score (nSPS) is 22.9. The number of benzene rings is 1. The van der Waals surface area contributed by atoms with E-state index in [1.54, 1.807) is 43.2 Å². The minimum atomic E-state index is -0.635. The molecule has 1 fully saturated rings. The average molecular weight is 383 g/mol. The molecule has 1 saturated heterocycles. The smallest absolute Gasteiger partial charge is 0.260 e. The van der Waals surface area contributed by atoms with Crippen LogP contribution in [0.3, 0.4) is 0 Å². The molecule has 0 saturated carbocycles. The standard InChI is InChI=1S/C19H18FN5OS/c1-11-8-12(4-5-14(11)20)13-9-15(27-10-13)16-17(25-7-3-6-22-25)18(26)24(2)19(21)23-16/h3-8,10,17H,9H2,1-2H3,(H2,21,23)/b16-15+. The first-order valence-electron chi connectivity index (χ1n) is 8.43. The molecule has 8 heteroatoms. The molecular formula is C19H18FN5OS. The molecule has 1 unspecified atom stereocenters. The van der Waals surface area contributed by atoms with Gasteiger partial charge in [-0.3, -0.25) is 19.8 Å². The number of allylic oxidation sites excluding steroid dienone is 2. The third kappa shape index (κ3) is 3.06. The lowest BCUT2D eigenvalue weighted by atomic mass is 10.00. The van der Waals surface area contributed by atoms with E-state index in [0.717, 1.165) is 16.0 Å². The monoisotopic (exact) mass is 383 g/mol. The van der Waals surface area contributed by atoms with Crippen LogP contribution in [-0.2, 0) is 4.79 Å². The van der Waals surface area contributed by atoms with Gasteiger partial charge in [-0.2, -0.15) is 5.10 Å². The second-order valence-corrected chi connectivity index (χ2v) is 7.46. The lowest BCUT2D eigenvalue weighted by Gasteiger charge is -2.34. The summed E-state index contributed by atoms with van der Waals surface area (Å²) in [5.41, 5.74) is 3.29. The van der Waals surface area contributed by atoms with Gasteiger partial charge in [-0.05, 0) is 47.2 Å². The summed E-state index contributed by atoms with van der Waals surface area (Å²) in [6, 6.07) is 6.20. The number of aromatic nitrogens is 2. The quantitative estimate of drug-likeness (QED) is 0.835. The molecule has 2 aliphatic rings. The van der Waals surface area contributed by atoms with Crippen LogP contribution in [0, 0.1) is 18.2 Å². The predicted molar refractivity (Wildman–Crippen MR) is 103 cm³/mol. The number of carbonyl (C=O) groups is 1. The number of hydrogen-bond acceptors (Lipinski definition) is 4. The Labute approximate surface area is 160 Å². The Bertz CT molecular complexity index is 996. The average Bonchev–Trinajstić information content (AvgIpc) is 3.33. The highest BCUT2D eigenvalue weighted by Gasteiger charge is 2.38. The second-order valence-electron chi connectivity index (χ2n) is 6.50. The summed E-state index contributed by atoms with van der Waals surface area (Å²) in [5.74, 6) is -0.396. The highest BCUT2D eigenvalue weighted by molar-refractivity contribution is 8.06. The van der Waals surface area contributed by atoms with Gasteiger partial charge in [0.05, 0.1) is 5.70 Å². The fraction of sp³-hybridized carbons (Fsp3) is 0.211. The van der Waals surface area contributed by atoms with Crippen molar-refractivity contribution in [2.24, 2.45) is 0 Å². The number of hydrogen-bond donors (Lipinski definition) is 2. The first-order valence-corrected chi connectivity index (χ1v) is 9.31. The highest BCUT2D eigenvalue weighted by Crippen LogP contribution is 2.43. The number of guanidine groups is 1. The van der Waals surface area contributed by atoms with Gasteiger partial charge in [-0.1, -0.05) is 17.8 Å². The molecule has 138 valence electrons. The minimum absolute atomic E-state index is 0.0394. The lowest BCUT2D eigenvalue weighted by molar-refractivity contribution is -0.130. The fourth-order valence-corrected chi connectivity index (χ4v) is 4.20. The second kappa shape index (κ2) is 6.70. The molecule has 1 amide bonds. The third-order valence-electron chi connectivity index (χ3n) is 4.74. The molecule has 2 aromatic rings. The van der Waals surface area contributed by atoms with Crippen molar-refractivity contribution in [3.8, 4) is 0 Å². The van der Waals surface area contributed by atoms with E-state index in [-0.39, 0.29) is 17.7 Å². The van der Waals surface area contributed by atoms with Crippen LogP contribution in [0.5, 0.6) is 0 Å². The lowest BCUT2D eigenvalue weighted by Crippen LogP contribution is -2.52. The van der Waals surface area contributed by atoms with E-state index in [2.05, 4.69) is 10.4 Å². The van der Waals surface area contributed by atoms with Crippen LogP contribution in [-0.4, -0.2) is 33.6 Å². The highest BCUT2D eigenvalue weighted by atomic mass is 32.2. The van der Waals surface area contributed by atoms with Crippen molar-refractivity contribution in [2.75, 3.05) is 7.05 Å². The van der Waals surface area contributed by atoms with Gasteiger partial charge >= 0.3 is 0 Å². The summed E-state index contributed by atoms with van der Waals surface area (Å²) >= 11 is 1.52. The third-order valence-corrected chi connectivity index (χ3v) is 5.79. The molecule has 2 N–H and O–H groups in total. The van der Waals surface area contributed by atoms with Crippen molar-refractivity contribution < 1.29 is 9.18 Å². The molecule has 0 bridgehead atoms. The maximum Gasteiger partial charge on any atom is 0.260 e. The van der Waals surface area contributed by atoms with Crippen LogP contribution < -0.4 is 5.32 Å². The molecule has 1 aromatic carbocycles. The van der Waals surface area contributed by atoms with Crippen LogP contribution in [0.2, 0.25) is 0 Å². The van der Waals surface area contributed by atoms with Crippen molar-refractivity contribution >= 4 is 29.2 Å². The summed E-state index contributed by atoms with van der Waals surface area (Å²) in [6.45, 7) is 1.74. The molecule has 27 heavy (non-hydrogen) atoms. The van der Waals surface area contributed by atoms with Crippen molar-refractivity contribution in [3.63, 3.8) is 0 Å². The van der Waals surface area contributed by atoms with E-state index >= 15 is 0 Å². The number of rotatable bonds is 2. The molecule has 2 aliphatic heterocycles. The number of aryl methyl sites for hydroxylation is 1. The van der Waals surface area contributed by atoms with Crippen LogP contribution in [0.25, 0.3) is 5.57 Å². The number of thioether (sulfide) groups is 1. The van der Waals surface area contributed by atoms with E-state index in [9.17, 15) is 9.18 Å². The zero-order valence-electron chi connectivity index (χ0n) is 14.9. The van der Waals surface area contributed by atoms with Gasteiger partial charge in [0, 0.05) is 30.8 Å². The van der Waals surface area contributed by atoms with E-state index in [1.165, 1.54) is 22.7 Å². The van der Waals surface area contributed by atoms with Crippen molar-refractivity contribution in [1.82, 2.24) is 20.0 Å². The predicted octanol–water partition coefficient (Wildman–Crippen LogP) is 3.26. The van der Waals surface area contributed by atoms with E-state index < -0.39 is 6.04 Å². The number of likely N-dealkylation sites (N-methyl/N-ethyl adjacent to an activating group) is 1. The van der Waals surface area contributed by atoms with Gasteiger partial charge in [0.15, 0.2) is 6.04 Å². The molecule has 1 aromatic heterocycles. The van der Waals surface area contributed by atoms with Crippen molar-refractivity contribution in [3.05, 3.63) is 69.6 Å². The fourth-order valence-electron chi connectivity index (χ4n) is 3.17. The van der Waals surface area contributed by atoms with Crippen LogP contribution >= 0.6 is 11.8 Å². The van der Waals surface area contributed by atoms with E-state index in [4.69, 9.17) is 5.41 Å². The summed E-state index contributed by atoms with van der Waals surface area (Å²) in [5, 5.41) is 17.4. The number of nitrogens with zero attached hydrogens (tertiary/aromatic N) is 3. The maximum atomic E-state index is 13.6. The van der Waals surface area contributed by atoms with E-state index in [0.29, 0.717) is 17.7 Å². The molecule has 6 nitrogen and oxygen atoms in total. The first-order chi connectivity index (χ1) is 13.0. The van der Waals surface area contributed by atoms with Crippen LogP contribution in [0.15, 0.2) is 52.7 Å². The Hall–Kier alpha value is -2.87. The van der Waals surface area contributed by atoms with Gasteiger partial charge in [-0.15, -0.1) is 0 Å². The van der Waals surface area contributed by atoms with Gasteiger partial charge < -0.3 is 5.32 Å². The van der Waals surface area contributed by atoms with Gasteiger partial charge in [0.1, 0.15) is 5.82 Å². The zero-order valence-corrected chi connectivity index (χ0v) is 15.7. The zero-order chi connectivity index (χ0) is 19.1. The molecule has 4 rings (SSSR count). The first kappa shape index (κ1) is 17.5. The minimum Gasteiger partial charge on any atom is -0.326 e. The van der Waals surface area contributed by atoms with Crippen LogP contribution in [0.1, 0.15) is 23.6 Å². The Morgan fingerprint density at radius 1 is 1.41 bits per heavy atom. The number of carbonyl (C=O) groups excluding carboxylic acids is 1. The van der Waals surface area contributed by atoms with Gasteiger partial charge in [0.2, 0.25) is 5.96 Å². The number of amides is 1. The van der Waals surface area contributed by atoms with Crippen molar-refractivity contribution in [2.45, 2.75) is 19.4 Å². The molecule has 0 spiro atoms.